The molecule has 2 aliphatic heterocycles. The van der Waals surface area contributed by atoms with Crippen LogP contribution in [0.1, 0.15) is 36.2 Å². The molecule has 3 heterocycles. The van der Waals surface area contributed by atoms with Gasteiger partial charge in [0.25, 0.3) is 0 Å². The third kappa shape index (κ3) is 3.35. The summed E-state index contributed by atoms with van der Waals surface area (Å²) in [6, 6.07) is 10.3. The highest BCUT2D eigenvalue weighted by atomic mass is 19.3. The number of ether oxygens (including phenoxy) is 2. The number of amides is 2. The second-order valence-corrected chi connectivity index (χ2v) is 7.76. The standard InChI is InChI=1S/C22H19F4N3O3/c1-2-17-19-14(13-5-3-4-6-16(13)28-19)9-10-29(17)20(30)27-12-7-8-18-15(11-12)21(23,24)32-22(25,26)31-18/h3-8,11,17,28H,2,9-10H2,1H3,(H,27,30). The quantitative estimate of drug-likeness (QED) is 0.492. The molecule has 0 saturated heterocycles. The summed E-state index contributed by atoms with van der Waals surface area (Å²) in [6.45, 7) is 2.40. The van der Waals surface area contributed by atoms with E-state index in [0.717, 1.165) is 28.7 Å². The van der Waals surface area contributed by atoms with E-state index in [-0.39, 0.29) is 11.7 Å². The molecule has 0 bridgehead atoms. The molecular weight excluding hydrogens is 430 g/mol. The van der Waals surface area contributed by atoms with Crippen LogP contribution in [-0.4, -0.2) is 28.8 Å². The SMILES string of the molecule is CCC1c2[nH]c3ccccc3c2CCN1C(=O)Nc1ccc2c(c1)C(F)(F)OC(F)(F)O2. The second kappa shape index (κ2) is 7.13. The van der Waals surface area contributed by atoms with Crippen LogP contribution >= 0.6 is 0 Å². The van der Waals surface area contributed by atoms with Crippen molar-refractivity contribution in [3.63, 3.8) is 0 Å². The lowest BCUT2D eigenvalue weighted by atomic mass is 9.96. The van der Waals surface area contributed by atoms with Crippen LogP contribution in [-0.2, 0) is 17.3 Å². The maximum absolute atomic E-state index is 14.0. The predicted octanol–water partition coefficient (Wildman–Crippen LogP) is 5.72. The number of nitrogens with zero attached hydrogens (tertiary/aromatic N) is 1. The molecular formula is C22H19F4N3O3. The van der Waals surface area contributed by atoms with E-state index in [4.69, 9.17) is 0 Å². The Kier molecular flexibility index (Phi) is 4.59. The maximum Gasteiger partial charge on any atom is 0.540 e. The number of anilines is 1. The number of aromatic amines is 1. The van der Waals surface area contributed by atoms with E-state index in [9.17, 15) is 22.4 Å². The van der Waals surface area contributed by atoms with Gasteiger partial charge in [-0.1, -0.05) is 25.1 Å². The molecule has 10 heteroatoms. The molecule has 1 atom stereocenters. The van der Waals surface area contributed by atoms with Crippen LogP contribution in [0.5, 0.6) is 5.75 Å². The smallest absolute Gasteiger partial charge is 0.409 e. The van der Waals surface area contributed by atoms with Crippen LogP contribution < -0.4 is 10.1 Å². The van der Waals surface area contributed by atoms with Crippen molar-refractivity contribution in [2.24, 2.45) is 0 Å². The van der Waals surface area contributed by atoms with Crippen molar-refractivity contribution in [1.29, 1.82) is 0 Å². The summed E-state index contributed by atoms with van der Waals surface area (Å²) in [5.74, 6) is -0.712. The number of aromatic nitrogens is 1. The number of urea groups is 1. The van der Waals surface area contributed by atoms with E-state index in [1.807, 2.05) is 31.2 Å². The van der Waals surface area contributed by atoms with Gasteiger partial charge in [-0.15, -0.1) is 8.78 Å². The Morgan fingerprint density at radius 3 is 2.78 bits per heavy atom. The van der Waals surface area contributed by atoms with E-state index in [0.29, 0.717) is 19.4 Å². The van der Waals surface area contributed by atoms with Crippen LogP contribution in [0.25, 0.3) is 10.9 Å². The number of H-pyrrole nitrogens is 1. The van der Waals surface area contributed by atoms with Gasteiger partial charge in [-0.25, -0.2) is 9.53 Å². The molecule has 0 saturated carbocycles. The van der Waals surface area contributed by atoms with Crippen molar-refractivity contribution in [2.45, 2.75) is 38.2 Å². The van der Waals surface area contributed by atoms with Gasteiger partial charge in [0.15, 0.2) is 0 Å². The average molecular weight is 449 g/mol. The van der Waals surface area contributed by atoms with Gasteiger partial charge < -0.3 is 19.9 Å². The number of carbonyl (C=O) groups excluding carboxylic acids is 1. The Morgan fingerprint density at radius 1 is 1.22 bits per heavy atom. The molecule has 0 fully saturated rings. The summed E-state index contributed by atoms with van der Waals surface area (Å²) in [7, 11) is 0. The first-order valence-electron chi connectivity index (χ1n) is 10.1. The van der Waals surface area contributed by atoms with Gasteiger partial charge in [-0.05, 0) is 42.7 Å². The molecule has 0 aliphatic carbocycles. The molecule has 2 aliphatic rings. The van der Waals surface area contributed by atoms with Crippen molar-refractivity contribution in [2.75, 3.05) is 11.9 Å². The highest BCUT2D eigenvalue weighted by Crippen LogP contribution is 2.47. The number of alkyl halides is 4. The maximum atomic E-state index is 14.0. The summed E-state index contributed by atoms with van der Waals surface area (Å²) >= 11 is 0. The van der Waals surface area contributed by atoms with Gasteiger partial charge in [0.2, 0.25) is 0 Å². The first-order chi connectivity index (χ1) is 15.2. The fraction of sp³-hybridized carbons (Fsp3) is 0.318. The van der Waals surface area contributed by atoms with Crippen LogP contribution in [0.4, 0.5) is 28.0 Å². The number of hydrogen-bond donors (Lipinski definition) is 2. The van der Waals surface area contributed by atoms with Gasteiger partial charge in [-0.2, -0.15) is 8.78 Å². The number of nitrogens with one attached hydrogen (secondary N) is 2. The highest BCUT2D eigenvalue weighted by Gasteiger charge is 2.54. The van der Waals surface area contributed by atoms with Crippen molar-refractivity contribution in [3.8, 4) is 5.75 Å². The highest BCUT2D eigenvalue weighted by molar-refractivity contribution is 5.91. The zero-order valence-corrected chi connectivity index (χ0v) is 16.9. The van der Waals surface area contributed by atoms with E-state index in [1.54, 1.807) is 4.90 Å². The summed E-state index contributed by atoms with van der Waals surface area (Å²) < 4.78 is 62.1. The molecule has 168 valence electrons. The van der Waals surface area contributed by atoms with E-state index >= 15 is 0 Å². The number of hydrogen-bond acceptors (Lipinski definition) is 3. The summed E-state index contributed by atoms with van der Waals surface area (Å²) in [6.07, 6.45) is -7.43. The molecule has 1 unspecified atom stereocenters. The van der Waals surface area contributed by atoms with Crippen LogP contribution in [0.15, 0.2) is 42.5 Å². The third-order valence-corrected chi connectivity index (χ3v) is 5.83. The number of para-hydroxylation sites is 1. The van der Waals surface area contributed by atoms with E-state index < -0.39 is 29.7 Å². The number of rotatable bonds is 2. The molecule has 0 spiro atoms. The fourth-order valence-corrected chi connectivity index (χ4v) is 4.46. The number of halogens is 4. The molecule has 5 rings (SSSR count). The number of fused-ring (bicyclic) bond motifs is 4. The van der Waals surface area contributed by atoms with Gasteiger partial charge in [0, 0.05) is 28.8 Å². The van der Waals surface area contributed by atoms with Crippen molar-refractivity contribution in [1.82, 2.24) is 9.88 Å². The third-order valence-electron chi connectivity index (χ3n) is 5.83. The second-order valence-electron chi connectivity index (χ2n) is 7.76. The van der Waals surface area contributed by atoms with Crippen molar-refractivity contribution < 1.29 is 31.8 Å². The lowest BCUT2D eigenvalue weighted by Gasteiger charge is -2.35. The average Bonchev–Trinajstić information content (AvgIpc) is 3.11. The Bertz CT molecular complexity index is 1210. The Labute approximate surface area is 180 Å². The number of carbonyl (C=O) groups is 1. The fourth-order valence-electron chi connectivity index (χ4n) is 4.46. The lowest BCUT2D eigenvalue weighted by molar-refractivity contribution is -0.461. The largest absolute Gasteiger partial charge is 0.540 e. The van der Waals surface area contributed by atoms with Gasteiger partial charge in [-0.3, -0.25) is 0 Å². The van der Waals surface area contributed by atoms with Crippen LogP contribution in [0.3, 0.4) is 0 Å². The first-order valence-corrected chi connectivity index (χ1v) is 10.1. The first kappa shape index (κ1) is 20.6. The summed E-state index contributed by atoms with van der Waals surface area (Å²) in [5.41, 5.74) is 2.25. The number of benzene rings is 2. The van der Waals surface area contributed by atoms with E-state index in [2.05, 4.69) is 19.8 Å². The molecule has 1 aromatic heterocycles. The topological polar surface area (TPSA) is 66.6 Å². The molecule has 2 aromatic carbocycles. The van der Waals surface area contributed by atoms with Crippen molar-refractivity contribution >= 4 is 22.6 Å². The minimum absolute atomic E-state index is 0.0168. The van der Waals surface area contributed by atoms with Gasteiger partial charge in [0.1, 0.15) is 5.75 Å². The Hall–Kier alpha value is -3.27. The normalized spacial score (nSPS) is 20.9. The molecule has 6 nitrogen and oxygen atoms in total. The van der Waals surface area contributed by atoms with E-state index in [1.165, 1.54) is 11.6 Å². The molecule has 2 N–H and O–H groups in total. The van der Waals surface area contributed by atoms with Crippen LogP contribution in [0.2, 0.25) is 0 Å². The zero-order chi connectivity index (χ0) is 22.7. The van der Waals surface area contributed by atoms with Gasteiger partial charge >= 0.3 is 18.4 Å². The molecule has 0 radical (unpaired) electrons. The minimum atomic E-state index is -4.44. The Morgan fingerprint density at radius 2 is 2.00 bits per heavy atom. The van der Waals surface area contributed by atoms with Crippen molar-refractivity contribution in [3.05, 3.63) is 59.3 Å². The summed E-state index contributed by atoms with van der Waals surface area (Å²) in [5, 5.41) is 3.71. The summed E-state index contributed by atoms with van der Waals surface area (Å²) in [4.78, 5) is 18.1. The minimum Gasteiger partial charge on any atom is -0.409 e. The predicted molar refractivity (Wildman–Crippen MR) is 108 cm³/mol. The van der Waals surface area contributed by atoms with Gasteiger partial charge in [0.05, 0.1) is 11.6 Å². The van der Waals surface area contributed by atoms with Crippen LogP contribution in [0, 0.1) is 0 Å². The molecule has 32 heavy (non-hydrogen) atoms. The Balaban J connectivity index is 1.41. The molecule has 3 aromatic rings. The monoisotopic (exact) mass is 449 g/mol. The lowest BCUT2D eigenvalue weighted by Crippen LogP contribution is -2.42. The zero-order valence-electron chi connectivity index (χ0n) is 16.9. The molecule has 2 amide bonds.